The van der Waals surface area contributed by atoms with Crippen molar-refractivity contribution in [2.24, 2.45) is 11.8 Å². The second kappa shape index (κ2) is 8.95. The average Bonchev–Trinajstić information content (AvgIpc) is 3.31. The van der Waals surface area contributed by atoms with E-state index < -0.39 is 5.92 Å². The van der Waals surface area contributed by atoms with Gasteiger partial charge in [0.1, 0.15) is 39.5 Å². The molecule has 0 aromatic carbocycles. The third-order valence-corrected chi connectivity index (χ3v) is 5.48. The number of hydrogen-bond acceptors (Lipinski definition) is 7. The van der Waals surface area contributed by atoms with Gasteiger partial charge in [-0.05, 0) is 11.8 Å². The summed E-state index contributed by atoms with van der Waals surface area (Å²) in [5, 5.41) is 28.7. The molecule has 0 aliphatic carbocycles. The molecular weight excluding hydrogens is 455 g/mol. The molecule has 1 atom stereocenters. The Morgan fingerprint density at radius 3 is 2.25 bits per heavy atom. The summed E-state index contributed by atoms with van der Waals surface area (Å²) >= 11 is 12.2. The van der Waals surface area contributed by atoms with Gasteiger partial charge in [-0.1, -0.05) is 50.9 Å². The molecule has 4 rings (SSSR count). The highest BCUT2D eigenvalue weighted by molar-refractivity contribution is 6.35. The first-order valence-electron chi connectivity index (χ1n) is 9.58. The van der Waals surface area contributed by atoms with Crippen molar-refractivity contribution >= 4 is 46.5 Å². The van der Waals surface area contributed by atoms with Gasteiger partial charge in [0.25, 0.3) is 5.91 Å². The molecule has 3 aromatic rings. The Morgan fingerprint density at radius 2 is 1.69 bits per heavy atom. The number of nitriles is 2. The van der Waals surface area contributed by atoms with Crippen molar-refractivity contribution in [3.05, 3.63) is 39.4 Å². The molecule has 0 saturated carbocycles. The summed E-state index contributed by atoms with van der Waals surface area (Å²) in [6.45, 7) is 7.52. The number of carbonyl (C=O) groups is 2. The number of anilines is 1. The summed E-state index contributed by atoms with van der Waals surface area (Å²) in [7, 11) is 0. The maximum absolute atomic E-state index is 11.9. The number of rotatable bonds is 2. The number of halogens is 2. The summed E-state index contributed by atoms with van der Waals surface area (Å²) in [6.07, 6.45) is 2.70. The largest absolute Gasteiger partial charge is 0.309 e. The molecule has 0 radical (unpaired) electrons. The zero-order valence-corrected chi connectivity index (χ0v) is 19.1. The molecule has 4 heterocycles. The van der Waals surface area contributed by atoms with Crippen molar-refractivity contribution in [2.75, 3.05) is 5.32 Å². The van der Waals surface area contributed by atoms with E-state index in [2.05, 4.69) is 20.5 Å². The fraction of sp³-hybridized carbons (Fsp3) is 0.350. The number of fused-ring (bicyclic) bond motifs is 2. The van der Waals surface area contributed by atoms with Crippen molar-refractivity contribution in [3.8, 4) is 12.1 Å². The molecule has 12 heteroatoms. The maximum atomic E-state index is 11.9. The SMILES string of the molecule is CC(C)C1C(=O)Nc2c(C#N)cnn2C1=O.CC(C)c1c(Cl)nc2c(C#N)cnn2c1Cl. The van der Waals surface area contributed by atoms with Gasteiger partial charge in [-0.15, -0.1) is 0 Å². The van der Waals surface area contributed by atoms with Crippen LogP contribution in [0.5, 0.6) is 0 Å². The molecule has 1 N–H and O–H groups in total. The summed E-state index contributed by atoms with van der Waals surface area (Å²) in [5.74, 6) is -1.27. The minimum Gasteiger partial charge on any atom is -0.309 e. The molecular formula is C20H18Cl2N8O2. The lowest BCUT2D eigenvalue weighted by Crippen LogP contribution is -2.42. The highest BCUT2D eigenvalue weighted by atomic mass is 35.5. The van der Waals surface area contributed by atoms with Gasteiger partial charge >= 0.3 is 0 Å². The van der Waals surface area contributed by atoms with Crippen LogP contribution in [0, 0.1) is 34.5 Å². The summed E-state index contributed by atoms with van der Waals surface area (Å²) in [6, 6.07) is 3.86. The zero-order chi connectivity index (χ0) is 23.7. The van der Waals surface area contributed by atoms with Gasteiger partial charge in [-0.25, -0.2) is 9.50 Å². The molecule has 10 nitrogen and oxygen atoms in total. The van der Waals surface area contributed by atoms with E-state index in [4.69, 9.17) is 33.7 Å². The van der Waals surface area contributed by atoms with Crippen molar-refractivity contribution in [1.29, 1.82) is 10.5 Å². The van der Waals surface area contributed by atoms with Gasteiger partial charge in [0.15, 0.2) is 11.5 Å². The van der Waals surface area contributed by atoms with E-state index in [1.807, 2.05) is 26.0 Å². The molecule has 0 saturated heterocycles. The van der Waals surface area contributed by atoms with Crippen LogP contribution in [0.2, 0.25) is 10.3 Å². The zero-order valence-electron chi connectivity index (χ0n) is 17.6. The fourth-order valence-corrected chi connectivity index (χ4v) is 4.11. The number of hydrogen-bond donors (Lipinski definition) is 1. The number of nitrogens with one attached hydrogen (secondary N) is 1. The molecule has 0 fully saturated rings. The Kier molecular flexibility index (Phi) is 6.49. The first-order chi connectivity index (χ1) is 15.1. The van der Waals surface area contributed by atoms with Crippen molar-refractivity contribution < 1.29 is 9.59 Å². The normalized spacial score (nSPS) is 15.1. The predicted molar refractivity (Wildman–Crippen MR) is 116 cm³/mol. The van der Waals surface area contributed by atoms with Crippen LogP contribution in [-0.2, 0) is 4.79 Å². The number of nitrogens with zero attached hydrogens (tertiary/aromatic N) is 7. The van der Waals surface area contributed by atoms with Crippen molar-refractivity contribution in [1.82, 2.24) is 24.4 Å². The van der Waals surface area contributed by atoms with Crippen LogP contribution >= 0.6 is 23.2 Å². The van der Waals surface area contributed by atoms with E-state index in [-0.39, 0.29) is 35.0 Å². The van der Waals surface area contributed by atoms with Gasteiger partial charge < -0.3 is 5.32 Å². The van der Waals surface area contributed by atoms with Gasteiger partial charge in [0.05, 0.1) is 12.4 Å². The summed E-state index contributed by atoms with van der Waals surface area (Å²) < 4.78 is 2.52. The first kappa shape index (κ1) is 23.2. The van der Waals surface area contributed by atoms with E-state index in [1.165, 1.54) is 16.9 Å². The van der Waals surface area contributed by atoms with Crippen LogP contribution in [0.4, 0.5) is 5.82 Å². The van der Waals surface area contributed by atoms with Crippen LogP contribution in [0.15, 0.2) is 12.4 Å². The monoisotopic (exact) mass is 472 g/mol. The Bertz CT molecular complexity index is 1310. The minimum absolute atomic E-state index is 0.101. The standard InChI is InChI=1S/C10H8Cl2N4.C10H10N4O2/c1-5(2)7-8(11)15-10-6(3-13)4-14-16(10)9(7)12;1-5(2)7-9(15)13-8-6(3-11)4-12-14(8)10(7)16/h4-5H,1-2H3;4-5,7H,1-2H3,(H,13,15). The Labute approximate surface area is 193 Å². The summed E-state index contributed by atoms with van der Waals surface area (Å²) in [4.78, 5) is 27.8. The molecule has 3 aromatic heterocycles. The number of carbonyl (C=O) groups excluding carboxylic acids is 2. The second-order valence-corrected chi connectivity index (χ2v) is 8.36. The highest BCUT2D eigenvalue weighted by Gasteiger charge is 2.38. The van der Waals surface area contributed by atoms with E-state index in [1.54, 1.807) is 13.8 Å². The molecule has 164 valence electrons. The quantitative estimate of drug-likeness (QED) is 0.442. The second-order valence-electron chi connectivity index (χ2n) is 7.65. The third-order valence-electron chi connectivity index (χ3n) is 4.83. The summed E-state index contributed by atoms with van der Waals surface area (Å²) in [5.41, 5.74) is 1.69. The van der Waals surface area contributed by atoms with Crippen LogP contribution in [0.1, 0.15) is 55.1 Å². The maximum Gasteiger partial charge on any atom is 0.261 e. The van der Waals surface area contributed by atoms with Crippen molar-refractivity contribution in [3.63, 3.8) is 0 Å². The average molecular weight is 473 g/mol. The van der Waals surface area contributed by atoms with E-state index in [0.29, 0.717) is 21.5 Å². The van der Waals surface area contributed by atoms with Crippen LogP contribution in [0.25, 0.3) is 5.65 Å². The Hall–Kier alpha value is -3.47. The molecule has 0 spiro atoms. The van der Waals surface area contributed by atoms with Crippen LogP contribution in [0.3, 0.4) is 0 Å². The lowest BCUT2D eigenvalue weighted by molar-refractivity contribution is -0.120. The molecule has 1 unspecified atom stereocenters. The molecule has 1 aliphatic rings. The Balaban J connectivity index is 0.000000181. The van der Waals surface area contributed by atoms with E-state index >= 15 is 0 Å². The molecule has 0 bridgehead atoms. The molecule has 1 aliphatic heterocycles. The van der Waals surface area contributed by atoms with Gasteiger partial charge in [-0.3, -0.25) is 9.59 Å². The minimum atomic E-state index is -0.737. The predicted octanol–water partition coefficient (Wildman–Crippen LogP) is 3.65. The van der Waals surface area contributed by atoms with E-state index in [0.717, 1.165) is 10.2 Å². The molecule has 1 amide bonds. The number of amides is 1. The fourth-order valence-electron chi connectivity index (χ4n) is 3.24. The topological polar surface area (TPSA) is 142 Å². The highest BCUT2D eigenvalue weighted by Crippen LogP contribution is 2.31. The third kappa shape index (κ3) is 3.91. The van der Waals surface area contributed by atoms with E-state index in [9.17, 15) is 9.59 Å². The first-order valence-corrected chi connectivity index (χ1v) is 10.3. The molecule has 32 heavy (non-hydrogen) atoms. The van der Waals surface area contributed by atoms with Crippen molar-refractivity contribution in [2.45, 2.75) is 33.6 Å². The lowest BCUT2D eigenvalue weighted by Gasteiger charge is -2.24. The Morgan fingerprint density at radius 1 is 1.06 bits per heavy atom. The lowest BCUT2D eigenvalue weighted by atomic mass is 9.93. The smallest absolute Gasteiger partial charge is 0.261 e. The number of aromatic nitrogens is 5. The van der Waals surface area contributed by atoms with Gasteiger partial charge in [0, 0.05) is 5.56 Å². The van der Waals surface area contributed by atoms with Crippen LogP contribution in [-0.4, -0.2) is 36.2 Å². The van der Waals surface area contributed by atoms with Gasteiger partial charge in [0.2, 0.25) is 5.91 Å². The van der Waals surface area contributed by atoms with Gasteiger partial charge in [-0.2, -0.15) is 25.4 Å². The van der Waals surface area contributed by atoms with Crippen LogP contribution < -0.4 is 5.32 Å².